The van der Waals surface area contributed by atoms with Gasteiger partial charge in [-0.2, -0.15) is 0 Å². The number of likely N-dealkylation sites (tertiary alicyclic amines) is 1. The van der Waals surface area contributed by atoms with E-state index in [-0.39, 0.29) is 17.6 Å². The molecular formula is C17H25NO4. The van der Waals surface area contributed by atoms with E-state index in [9.17, 15) is 9.90 Å². The van der Waals surface area contributed by atoms with Gasteiger partial charge >= 0.3 is 5.97 Å². The first-order chi connectivity index (χ1) is 10.6. The molecule has 1 aromatic carbocycles. The van der Waals surface area contributed by atoms with Gasteiger partial charge in [0.05, 0.1) is 19.1 Å². The normalized spacial score (nSPS) is 18.9. The van der Waals surface area contributed by atoms with E-state index in [0.29, 0.717) is 19.0 Å². The van der Waals surface area contributed by atoms with E-state index in [1.165, 1.54) is 0 Å². The molecule has 0 unspecified atom stereocenters. The van der Waals surface area contributed by atoms with Crippen molar-refractivity contribution in [3.63, 3.8) is 0 Å². The van der Waals surface area contributed by atoms with E-state index in [1.807, 2.05) is 26.0 Å². The number of hydrogen-bond donors (Lipinski definition) is 1. The van der Waals surface area contributed by atoms with Crippen molar-refractivity contribution in [1.29, 1.82) is 0 Å². The van der Waals surface area contributed by atoms with Gasteiger partial charge in [0.1, 0.15) is 0 Å². The minimum Gasteiger partial charge on any atom is -0.504 e. The molecule has 0 aliphatic carbocycles. The number of phenolic OH excluding ortho intramolecular Hbond substituents is 1. The summed E-state index contributed by atoms with van der Waals surface area (Å²) in [4.78, 5) is 14.1. The predicted molar refractivity (Wildman–Crippen MR) is 83.9 cm³/mol. The number of phenols is 1. The Hall–Kier alpha value is -1.75. The molecule has 1 N–H and O–H groups in total. The van der Waals surface area contributed by atoms with E-state index in [2.05, 4.69) is 4.90 Å². The molecule has 1 atom stereocenters. The van der Waals surface area contributed by atoms with Crippen molar-refractivity contribution in [2.75, 3.05) is 26.3 Å². The van der Waals surface area contributed by atoms with Gasteiger partial charge < -0.3 is 14.6 Å². The van der Waals surface area contributed by atoms with E-state index < -0.39 is 0 Å². The molecule has 1 aliphatic rings. The minimum atomic E-state index is -0.0899. The van der Waals surface area contributed by atoms with Crippen LogP contribution in [0.25, 0.3) is 0 Å². The van der Waals surface area contributed by atoms with Crippen LogP contribution in [0, 0.1) is 5.92 Å². The summed E-state index contributed by atoms with van der Waals surface area (Å²) in [5.41, 5.74) is 1.07. The van der Waals surface area contributed by atoms with Crippen LogP contribution in [0.2, 0.25) is 0 Å². The Balaban J connectivity index is 1.98. The van der Waals surface area contributed by atoms with Crippen LogP contribution in [-0.4, -0.2) is 42.3 Å². The molecule has 1 saturated heterocycles. The zero-order chi connectivity index (χ0) is 15.9. The van der Waals surface area contributed by atoms with Crippen LogP contribution in [-0.2, 0) is 16.1 Å². The maximum atomic E-state index is 11.9. The van der Waals surface area contributed by atoms with Crippen LogP contribution < -0.4 is 4.74 Å². The Bertz CT molecular complexity index is 503. The fraction of sp³-hybridized carbons (Fsp3) is 0.588. The summed E-state index contributed by atoms with van der Waals surface area (Å²) in [6, 6.07) is 5.42. The third kappa shape index (κ3) is 4.37. The molecule has 0 amide bonds. The van der Waals surface area contributed by atoms with Crippen molar-refractivity contribution in [2.24, 2.45) is 5.92 Å². The lowest BCUT2D eigenvalue weighted by Gasteiger charge is -2.31. The first-order valence-corrected chi connectivity index (χ1v) is 7.97. The lowest BCUT2D eigenvalue weighted by atomic mass is 9.97. The van der Waals surface area contributed by atoms with Gasteiger partial charge in [-0.1, -0.05) is 6.07 Å². The molecule has 0 saturated carbocycles. The third-order valence-corrected chi connectivity index (χ3v) is 3.86. The van der Waals surface area contributed by atoms with Crippen LogP contribution in [0.4, 0.5) is 0 Å². The SMILES string of the molecule is CCOC(=O)[C@H]1CCCN(Cc2ccc(O)c(OCC)c2)C1. The quantitative estimate of drug-likeness (QED) is 0.819. The molecule has 5 heteroatoms. The maximum Gasteiger partial charge on any atom is 0.310 e. The molecule has 2 rings (SSSR count). The number of piperidine rings is 1. The summed E-state index contributed by atoms with van der Waals surface area (Å²) in [7, 11) is 0. The van der Waals surface area contributed by atoms with Gasteiger partial charge in [0, 0.05) is 13.1 Å². The van der Waals surface area contributed by atoms with E-state index in [0.717, 1.165) is 38.0 Å². The topological polar surface area (TPSA) is 59.0 Å². The highest BCUT2D eigenvalue weighted by atomic mass is 16.5. The zero-order valence-electron chi connectivity index (χ0n) is 13.4. The standard InChI is InChI=1S/C17H25NO4/c1-3-21-16-10-13(7-8-15(16)19)11-18-9-5-6-14(12-18)17(20)22-4-2/h7-8,10,14,19H,3-6,9,11-12H2,1-2H3/t14-/m0/s1. The number of benzene rings is 1. The lowest BCUT2D eigenvalue weighted by Crippen LogP contribution is -2.38. The number of ether oxygens (including phenoxy) is 2. The van der Waals surface area contributed by atoms with Gasteiger partial charge in [0.25, 0.3) is 0 Å². The summed E-state index contributed by atoms with van der Waals surface area (Å²) >= 11 is 0. The van der Waals surface area contributed by atoms with Crippen molar-refractivity contribution < 1.29 is 19.4 Å². The number of carbonyl (C=O) groups excluding carboxylic acids is 1. The fourth-order valence-corrected chi connectivity index (χ4v) is 2.84. The largest absolute Gasteiger partial charge is 0.504 e. The maximum absolute atomic E-state index is 11.9. The summed E-state index contributed by atoms with van der Waals surface area (Å²) in [6.45, 7) is 7.13. The second kappa shape index (κ2) is 8.03. The van der Waals surface area contributed by atoms with Crippen molar-refractivity contribution in [3.05, 3.63) is 23.8 Å². The van der Waals surface area contributed by atoms with Gasteiger partial charge in [0.15, 0.2) is 11.5 Å². The van der Waals surface area contributed by atoms with Crippen molar-refractivity contribution in [1.82, 2.24) is 4.90 Å². The highest BCUT2D eigenvalue weighted by Gasteiger charge is 2.26. The Morgan fingerprint density at radius 3 is 2.91 bits per heavy atom. The molecule has 0 aromatic heterocycles. The van der Waals surface area contributed by atoms with Crippen LogP contribution in [0.15, 0.2) is 18.2 Å². The monoisotopic (exact) mass is 307 g/mol. The Kier molecular flexibility index (Phi) is 6.07. The Labute approximate surface area is 131 Å². The second-order valence-corrected chi connectivity index (χ2v) is 5.56. The Morgan fingerprint density at radius 2 is 2.18 bits per heavy atom. The molecular weight excluding hydrogens is 282 g/mol. The average molecular weight is 307 g/mol. The molecule has 5 nitrogen and oxygen atoms in total. The number of carbonyl (C=O) groups is 1. The van der Waals surface area contributed by atoms with E-state index >= 15 is 0 Å². The van der Waals surface area contributed by atoms with Gasteiger partial charge in [0.2, 0.25) is 0 Å². The lowest BCUT2D eigenvalue weighted by molar-refractivity contribution is -0.150. The molecule has 1 aliphatic heterocycles. The number of nitrogens with zero attached hydrogens (tertiary/aromatic N) is 1. The smallest absolute Gasteiger partial charge is 0.310 e. The van der Waals surface area contributed by atoms with Gasteiger partial charge in [-0.15, -0.1) is 0 Å². The molecule has 1 heterocycles. The highest BCUT2D eigenvalue weighted by molar-refractivity contribution is 5.72. The summed E-state index contributed by atoms with van der Waals surface area (Å²) < 4.78 is 10.5. The molecule has 0 radical (unpaired) electrons. The number of esters is 1. The van der Waals surface area contributed by atoms with Gasteiger partial charge in [-0.05, 0) is 50.9 Å². The van der Waals surface area contributed by atoms with Crippen LogP contribution in [0.5, 0.6) is 11.5 Å². The molecule has 22 heavy (non-hydrogen) atoms. The number of aromatic hydroxyl groups is 1. The van der Waals surface area contributed by atoms with Crippen molar-refractivity contribution in [3.8, 4) is 11.5 Å². The Morgan fingerprint density at radius 1 is 1.36 bits per heavy atom. The van der Waals surface area contributed by atoms with Crippen molar-refractivity contribution >= 4 is 5.97 Å². The summed E-state index contributed by atoms with van der Waals surface area (Å²) in [6.07, 6.45) is 1.90. The highest BCUT2D eigenvalue weighted by Crippen LogP contribution is 2.28. The minimum absolute atomic E-state index is 0.0304. The van der Waals surface area contributed by atoms with Crippen LogP contribution in [0.1, 0.15) is 32.3 Å². The van der Waals surface area contributed by atoms with Gasteiger partial charge in [-0.3, -0.25) is 9.69 Å². The molecule has 0 spiro atoms. The van der Waals surface area contributed by atoms with Gasteiger partial charge in [-0.25, -0.2) is 0 Å². The van der Waals surface area contributed by atoms with Crippen LogP contribution >= 0.6 is 0 Å². The molecule has 122 valence electrons. The second-order valence-electron chi connectivity index (χ2n) is 5.56. The molecule has 1 fully saturated rings. The summed E-state index contributed by atoms with van der Waals surface area (Å²) in [5.74, 6) is 0.553. The molecule has 0 bridgehead atoms. The number of hydrogen-bond acceptors (Lipinski definition) is 5. The molecule has 1 aromatic rings. The van der Waals surface area contributed by atoms with E-state index in [4.69, 9.17) is 9.47 Å². The number of rotatable bonds is 6. The summed E-state index contributed by atoms with van der Waals surface area (Å²) in [5, 5.41) is 9.75. The van der Waals surface area contributed by atoms with Crippen molar-refractivity contribution in [2.45, 2.75) is 33.2 Å². The fourth-order valence-electron chi connectivity index (χ4n) is 2.84. The average Bonchev–Trinajstić information content (AvgIpc) is 2.51. The van der Waals surface area contributed by atoms with Crippen LogP contribution in [0.3, 0.4) is 0 Å². The predicted octanol–water partition coefficient (Wildman–Crippen LogP) is 2.57. The first kappa shape index (κ1) is 16.6. The first-order valence-electron chi connectivity index (χ1n) is 7.97. The third-order valence-electron chi connectivity index (χ3n) is 3.86. The van der Waals surface area contributed by atoms with E-state index in [1.54, 1.807) is 6.07 Å². The zero-order valence-corrected chi connectivity index (χ0v) is 13.4.